The van der Waals surface area contributed by atoms with Crippen molar-refractivity contribution in [3.8, 4) is 5.75 Å². The lowest BCUT2D eigenvalue weighted by Crippen LogP contribution is -2.37. The Balaban J connectivity index is 0.00000210. The first kappa shape index (κ1) is 19.5. The zero-order chi connectivity index (χ0) is 17.9. The molecule has 0 saturated carbocycles. The highest BCUT2D eigenvalue weighted by Crippen LogP contribution is 2.33. The molecule has 2 aliphatic rings. The maximum Gasteiger partial charge on any atom is 0.225 e. The lowest BCUT2D eigenvalue weighted by atomic mass is 9.91. The Hall–Kier alpha value is -2.29. The second-order valence-corrected chi connectivity index (χ2v) is 6.63. The Kier molecular flexibility index (Phi) is 6.20. The summed E-state index contributed by atoms with van der Waals surface area (Å²) < 4.78 is 5.68. The predicted molar refractivity (Wildman–Crippen MR) is 117 cm³/mol. The first-order chi connectivity index (χ1) is 12.7. The minimum atomic E-state index is 0. The van der Waals surface area contributed by atoms with Crippen molar-refractivity contribution in [1.29, 1.82) is 0 Å². The van der Waals surface area contributed by atoms with E-state index in [0.717, 1.165) is 29.0 Å². The number of hydrogen-bond acceptors (Lipinski definition) is 3. The van der Waals surface area contributed by atoms with Crippen molar-refractivity contribution in [3.63, 3.8) is 0 Å². The van der Waals surface area contributed by atoms with Crippen LogP contribution in [-0.2, 0) is 4.79 Å². The quantitative estimate of drug-likeness (QED) is 0.359. The molecule has 2 aromatic rings. The molecule has 2 atom stereocenters. The van der Waals surface area contributed by atoms with E-state index < -0.39 is 0 Å². The third-order valence-corrected chi connectivity index (χ3v) is 4.87. The van der Waals surface area contributed by atoms with Crippen molar-refractivity contribution in [1.82, 2.24) is 5.32 Å². The van der Waals surface area contributed by atoms with Gasteiger partial charge in [0.15, 0.2) is 5.96 Å². The molecule has 7 heteroatoms. The second-order valence-electron chi connectivity index (χ2n) is 6.63. The van der Waals surface area contributed by atoms with Gasteiger partial charge in [-0.2, -0.15) is 0 Å². The summed E-state index contributed by atoms with van der Waals surface area (Å²) in [4.78, 5) is 16.4. The minimum absolute atomic E-state index is 0. The van der Waals surface area contributed by atoms with Crippen LogP contribution in [0.4, 0.5) is 5.69 Å². The Bertz CT molecular complexity index is 855. The summed E-state index contributed by atoms with van der Waals surface area (Å²) in [5.41, 5.74) is 9.21. The number of nitrogens with one attached hydrogen (secondary N) is 2. The number of carbonyl (C=O) groups excluding carboxylic acids is 1. The van der Waals surface area contributed by atoms with Crippen LogP contribution in [-0.4, -0.2) is 25.0 Å². The van der Waals surface area contributed by atoms with Crippen molar-refractivity contribution in [2.75, 3.05) is 18.5 Å². The number of guanidine groups is 1. The van der Waals surface area contributed by atoms with Crippen molar-refractivity contribution in [2.24, 2.45) is 10.7 Å². The van der Waals surface area contributed by atoms with E-state index in [0.29, 0.717) is 25.5 Å². The largest absolute Gasteiger partial charge is 0.493 e. The van der Waals surface area contributed by atoms with Gasteiger partial charge in [0.1, 0.15) is 5.75 Å². The number of amides is 1. The van der Waals surface area contributed by atoms with Crippen LogP contribution in [0, 0.1) is 0 Å². The lowest BCUT2D eigenvalue weighted by Gasteiger charge is -2.27. The molecule has 4 N–H and O–H groups in total. The van der Waals surface area contributed by atoms with Gasteiger partial charge in [-0.05, 0) is 17.7 Å². The van der Waals surface area contributed by atoms with Gasteiger partial charge < -0.3 is 21.1 Å². The number of para-hydroxylation sites is 2. The van der Waals surface area contributed by atoms with Gasteiger partial charge in [-0.25, -0.2) is 0 Å². The van der Waals surface area contributed by atoms with Crippen molar-refractivity contribution < 1.29 is 9.53 Å². The molecule has 4 rings (SSSR count). The van der Waals surface area contributed by atoms with E-state index in [4.69, 9.17) is 10.5 Å². The first-order valence-corrected chi connectivity index (χ1v) is 8.87. The summed E-state index contributed by atoms with van der Waals surface area (Å²) in [6, 6.07) is 15.9. The van der Waals surface area contributed by atoms with Crippen LogP contribution in [0.3, 0.4) is 0 Å². The highest BCUT2D eigenvalue weighted by atomic mass is 127. The summed E-state index contributed by atoms with van der Waals surface area (Å²) in [5, 5.41) is 6.20. The fourth-order valence-corrected chi connectivity index (χ4v) is 3.59. The first-order valence-electron chi connectivity index (χ1n) is 8.87. The molecule has 2 aromatic carbocycles. The normalized spacial score (nSPS) is 21.0. The van der Waals surface area contributed by atoms with Gasteiger partial charge in [-0.3, -0.25) is 9.79 Å². The Morgan fingerprint density at radius 3 is 2.78 bits per heavy atom. The fourth-order valence-electron chi connectivity index (χ4n) is 3.59. The summed E-state index contributed by atoms with van der Waals surface area (Å²) in [6.45, 7) is 1.13. The molecular formula is C20H23IN4O2. The second kappa shape index (κ2) is 8.60. The number of rotatable bonds is 3. The number of hydrogen-bond donors (Lipinski definition) is 3. The topological polar surface area (TPSA) is 88.7 Å². The molecule has 2 aliphatic heterocycles. The van der Waals surface area contributed by atoms with E-state index >= 15 is 0 Å². The number of ether oxygens (including phenoxy) is 1. The Morgan fingerprint density at radius 2 is 1.93 bits per heavy atom. The number of fused-ring (bicyclic) bond motifs is 2. The Labute approximate surface area is 175 Å². The number of nitrogens with two attached hydrogens (primary N) is 1. The van der Waals surface area contributed by atoms with Gasteiger partial charge in [0, 0.05) is 30.0 Å². The SMILES string of the molecule is I.NC(=NCC1CC(=O)Nc2ccccc21)NC1CCOc2ccccc21. The molecule has 0 aromatic heterocycles. The summed E-state index contributed by atoms with van der Waals surface area (Å²) in [5.74, 6) is 1.35. The standard InChI is InChI=1S/C20H22N4O2.HI/c21-20(24-17-9-10-26-18-8-4-2-6-15(17)18)22-12-13-11-19(25)23-16-7-3-1-5-14(13)16;/h1-8,13,17H,9-12H2,(H,23,25)(H3,21,22,24);1H. The van der Waals surface area contributed by atoms with Gasteiger partial charge in [-0.15, -0.1) is 24.0 Å². The maximum atomic E-state index is 11.9. The molecule has 0 aliphatic carbocycles. The van der Waals surface area contributed by atoms with Gasteiger partial charge in [0.25, 0.3) is 0 Å². The highest BCUT2D eigenvalue weighted by Gasteiger charge is 2.25. The molecule has 6 nitrogen and oxygen atoms in total. The van der Waals surface area contributed by atoms with E-state index in [1.54, 1.807) is 0 Å². The molecule has 27 heavy (non-hydrogen) atoms. The van der Waals surface area contributed by atoms with Crippen LogP contribution in [0.1, 0.15) is 35.9 Å². The zero-order valence-electron chi connectivity index (χ0n) is 14.9. The van der Waals surface area contributed by atoms with Crippen LogP contribution >= 0.6 is 24.0 Å². The molecule has 2 unspecified atom stereocenters. The molecule has 0 fully saturated rings. The van der Waals surface area contributed by atoms with E-state index in [-0.39, 0.29) is 41.8 Å². The van der Waals surface area contributed by atoms with Gasteiger partial charge in [-0.1, -0.05) is 36.4 Å². The smallest absolute Gasteiger partial charge is 0.225 e. The van der Waals surface area contributed by atoms with E-state index in [2.05, 4.69) is 15.6 Å². The van der Waals surface area contributed by atoms with Crippen LogP contribution in [0.25, 0.3) is 0 Å². The summed E-state index contributed by atoms with van der Waals surface area (Å²) in [7, 11) is 0. The molecule has 0 saturated heterocycles. The zero-order valence-corrected chi connectivity index (χ0v) is 17.2. The number of aliphatic imine (C=N–C) groups is 1. The van der Waals surface area contributed by atoms with E-state index in [9.17, 15) is 4.79 Å². The maximum absolute atomic E-state index is 11.9. The molecule has 0 bridgehead atoms. The fraction of sp³-hybridized carbons (Fsp3) is 0.300. The average Bonchev–Trinajstić information content (AvgIpc) is 2.66. The third-order valence-electron chi connectivity index (χ3n) is 4.87. The number of anilines is 1. The number of nitrogens with zero attached hydrogens (tertiary/aromatic N) is 1. The number of carbonyl (C=O) groups is 1. The minimum Gasteiger partial charge on any atom is -0.493 e. The lowest BCUT2D eigenvalue weighted by molar-refractivity contribution is -0.116. The average molecular weight is 478 g/mol. The van der Waals surface area contributed by atoms with Crippen LogP contribution < -0.4 is 21.1 Å². The Morgan fingerprint density at radius 1 is 1.19 bits per heavy atom. The number of benzene rings is 2. The van der Waals surface area contributed by atoms with Crippen LogP contribution in [0.2, 0.25) is 0 Å². The highest BCUT2D eigenvalue weighted by molar-refractivity contribution is 14.0. The van der Waals surface area contributed by atoms with E-state index in [1.165, 1.54) is 0 Å². The van der Waals surface area contributed by atoms with Gasteiger partial charge >= 0.3 is 0 Å². The van der Waals surface area contributed by atoms with E-state index in [1.807, 2.05) is 48.5 Å². The molecule has 0 spiro atoms. The van der Waals surface area contributed by atoms with Gasteiger partial charge in [0.2, 0.25) is 5.91 Å². The van der Waals surface area contributed by atoms with Crippen molar-refractivity contribution >= 4 is 41.5 Å². The van der Waals surface area contributed by atoms with Crippen molar-refractivity contribution in [3.05, 3.63) is 59.7 Å². The molecule has 1 amide bonds. The van der Waals surface area contributed by atoms with Crippen LogP contribution in [0.5, 0.6) is 5.75 Å². The van der Waals surface area contributed by atoms with Crippen LogP contribution in [0.15, 0.2) is 53.5 Å². The monoisotopic (exact) mass is 478 g/mol. The molecule has 0 radical (unpaired) electrons. The summed E-state index contributed by atoms with van der Waals surface area (Å²) >= 11 is 0. The van der Waals surface area contributed by atoms with Gasteiger partial charge in [0.05, 0.1) is 19.2 Å². The van der Waals surface area contributed by atoms with Crippen molar-refractivity contribution in [2.45, 2.75) is 24.8 Å². The third kappa shape index (κ3) is 4.35. The number of halogens is 1. The molecule has 2 heterocycles. The summed E-state index contributed by atoms with van der Waals surface area (Å²) in [6.07, 6.45) is 1.26. The predicted octanol–water partition coefficient (Wildman–Crippen LogP) is 3.16. The molecule has 142 valence electrons. The molecular weight excluding hydrogens is 455 g/mol.